The van der Waals surface area contributed by atoms with Crippen LogP contribution in [0.2, 0.25) is 0 Å². The number of benzene rings is 1. The van der Waals surface area contributed by atoms with Crippen LogP contribution in [0.1, 0.15) is 0 Å². The number of hydrogen-bond acceptors (Lipinski definition) is 5. The van der Waals surface area contributed by atoms with Crippen LogP contribution in [0.25, 0.3) is 22.4 Å². The smallest absolute Gasteiger partial charge is 0.169 e. The van der Waals surface area contributed by atoms with Gasteiger partial charge < -0.3 is 10.3 Å². The third-order valence-electron chi connectivity index (χ3n) is 2.13. The molecule has 15 heavy (non-hydrogen) atoms. The molecule has 2 heterocycles. The van der Waals surface area contributed by atoms with Crippen LogP contribution in [-0.4, -0.2) is 20.6 Å². The summed E-state index contributed by atoms with van der Waals surface area (Å²) in [5.74, 6) is 0.989. The van der Waals surface area contributed by atoms with Gasteiger partial charge in [0.1, 0.15) is 11.0 Å². The molecule has 0 saturated carbocycles. The highest BCUT2D eigenvalue weighted by molar-refractivity contribution is 5.79. The number of hydrogen-bond donors (Lipinski definition) is 2. The molecule has 6 nitrogen and oxygen atoms in total. The van der Waals surface area contributed by atoms with Gasteiger partial charge in [-0.3, -0.25) is 0 Å². The number of rotatable bonds is 1. The standard InChI is InChI=1S/C9H7N5O/c10-9-4-8(15-13-9)5-1-2-6-7(3-5)12-14-11-6/h1-4H,(H2,10,13)(H,11,12,14). The first-order valence-corrected chi connectivity index (χ1v) is 4.36. The van der Waals surface area contributed by atoms with Gasteiger partial charge in [0.05, 0.1) is 0 Å². The monoisotopic (exact) mass is 201 g/mol. The predicted octanol–water partition coefficient (Wildman–Crippen LogP) is 1.20. The lowest BCUT2D eigenvalue weighted by molar-refractivity contribution is 0.436. The SMILES string of the molecule is Nc1cc(-c2ccc3n[nH]nc3c2)on1. The van der Waals surface area contributed by atoms with Gasteiger partial charge in [0, 0.05) is 11.6 Å². The summed E-state index contributed by atoms with van der Waals surface area (Å²) in [5.41, 5.74) is 7.94. The van der Waals surface area contributed by atoms with Crippen LogP contribution in [0, 0.1) is 0 Å². The maximum absolute atomic E-state index is 5.47. The van der Waals surface area contributed by atoms with Crippen molar-refractivity contribution in [2.24, 2.45) is 0 Å². The van der Waals surface area contributed by atoms with Crippen LogP contribution in [0.15, 0.2) is 28.8 Å². The molecule has 74 valence electrons. The fraction of sp³-hybridized carbons (Fsp3) is 0. The molecular weight excluding hydrogens is 194 g/mol. The van der Waals surface area contributed by atoms with Crippen molar-refractivity contribution in [3.63, 3.8) is 0 Å². The molecular formula is C9H7N5O. The summed E-state index contributed by atoms with van der Waals surface area (Å²) in [7, 11) is 0. The summed E-state index contributed by atoms with van der Waals surface area (Å²) < 4.78 is 5.04. The lowest BCUT2D eigenvalue weighted by atomic mass is 10.1. The number of nitrogens with one attached hydrogen (secondary N) is 1. The third kappa shape index (κ3) is 1.23. The maximum Gasteiger partial charge on any atom is 0.169 e. The van der Waals surface area contributed by atoms with E-state index < -0.39 is 0 Å². The molecule has 0 unspecified atom stereocenters. The second-order valence-corrected chi connectivity index (χ2v) is 3.14. The van der Waals surface area contributed by atoms with Gasteiger partial charge in [-0.1, -0.05) is 5.16 Å². The molecule has 0 amide bonds. The first kappa shape index (κ1) is 7.98. The number of aromatic nitrogens is 4. The van der Waals surface area contributed by atoms with E-state index in [0.29, 0.717) is 11.6 Å². The Kier molecular flexibility index (Phi) is 1.49. The summed E-state index contributed by atoms with van der Waals surface area (Å²) in [6.07, 6.45) is 0. The van der Waals surface area contributed by atoms with E-state index >= 15 is 0 Å². The van der Waals surface area contributed by atoms with Crippen molar-refractivity contribution in [3.05, 3.63) is 24.3 Å². The van der Waals surface area contributed by atoms with Crippen LogP contribution in [-0.2, 0) is 0 Å². The molecule has 3 aromatic rings. The molecule has 6 heteroatoms. The van der Waals surface area contributed by atoms with Crippen molar-refractivity contribution in [2.75, 3.05) is 5.73 Å². The summed E-state index contributed by atoms with van der Waals surface area (Å²) >= 11 is 0. The van der Waals surface area contributed by atoms with Crippen molar-refractivity contribution in [2.45, 2.75) is 0 Å². The van der Waals surface area contributed by atoms with Gasteiger partial charge in [-0.05, 0) is 18.2 Å². The Labute approximate surface area is 84.1 Å². The van der Waals surface area contributed by atoms with E-state index in [-0.39, 0.29) is 0 Å². The molecule has 0 bridgehead atoms. The van der Waals surface area contributed by atoms with Crippen LogP contribution < -0.4 is 5.73 Å². The molecule has 0 aliphatic carbocycles. The van der Waals surface area contributed by atoms with Gasteiger partial charge in [0.25, 0.3) is 0 Å². The highest BCUT2D eigenvalue weighted by Gasteiger charge is 2.06. The van der Waals surface area contributed by atoms with E-state index in [4.69, 9.17) is 10.3 Å². The Morgan fingerprint density at radius 2 is 2.00 bits per heavy atom. The number of aromatic amines is 1. The number of nitrogens with zero attached hydrogens (tertiary/aromatic N) is 3. The quantitative estimate of drug-likeness (QED) is 0.616. The lowest BCUT2D eigenvalue weighted by Gasteiger charge is -1.93. The first-order valence-electron chi connectivity index (χ1n) is 4.36. The number of anilines is 1. The van der Waals surface area contributed by atoms with E-state index in [1.165, 1.54) is 0 Å². The third-order valence-corrected chi connectivity index (χ3v) is 2.13. The second kappa shape index (κ2) is 2.81. The molecule has 0 aliphatic rings. The van der Waals surface area contributed by atoms with E-state index in [1.54, 1.807) is 6.07 Å². The number of nitrogen functional groups attached to an aromatic ring is 1. The minimum absolute atomic E-state index is 0.366. The van der Waals surface area contributed by atoms with Crippen molar-refractivity contribution in [3.8, 4) is 11.3 Å². The van der Waals surface area contributed by atoms with E-state index in [1.807, 2.05) is 18.2 Å². The first-order chi connectivity index (χ1) is 7.33. The molecule has 2 aromatic heterocycles. The van der Waals surface area contributed by atoms with E-state index in [2.05, 4.69) is 20.6 Å². The normalized spacial score (nSPS) is 10.9. The highest BCUT2D eigenvalue weighted by Crippen LogP contribution is 2.23. The fourth-order valence-corrected chi connectivity index (χ4v) is 1.42. The second-order valence-electron chi connectivity index (χ2n) is 3.14. The molecule has 1 aromatic carbocycles. The minimum Gasteiger partial charge on any atom is -0.381 e. The van der Waals surface area contributed by atoms with Gasteiger partial charge in [-0.25, -0.2) is 0 Å². The Hall–Kier alpha value is -2.37. The lowest BCUT2D eigenvalue weighted by Crippen LogP contribution is -1.80. The topological polar surface area (TPSA) is 93.6 Å². The minimum atomic E-state index is 0.366. The van der Waals surface area contributed by atoms with E-state index in [9.17, 15) is 0 Å². The van der Waals surface area contributed by atoms with Crippen molar-refractivity contribution < 1.29 is 4.52 Å². The molecule has 0 aliphatic heterocycles. The average Bonchev–Trinajstić information content (AvgIpc) is 2.84. The van der Waals surface area contributed by atoms with Gasteiger partial charge >= 0.3 is 0 Å². The Bertz CT molecular complexity index is 612. The molecule has 3 N–H and O–H groups in total. The fourth-order valence-electron chi connectivity index (χ4n) is 1.42. The van der Waals surface area contributed by atoms with Crippen molar-refractivity contribution >= 4 is 16.9 Å². The van der Waals surface area contributed by atoms with Gasteiger partial charge in [0.15, 0.2) is 11.6 Å². The number of H-pyrrole nitrogens is 1. The Morgan fingerprint density at radius 1 is 1.13 bits per heavy atom. The summed E-state index contributed by atoms with van der Waals surface area (Å²) in [6, 6.07) is 7.26. The molecule has 3 rings (SSSR count). The molecule has 0 radical (unpaired) electrons. The van der Waals surface area contributed by atoms with Crippen LogP contribution in [0.4, 0.5) is 5.82 Å². The van der Waals surface area contributed by atoms with Gasteiger partial charge in [-0.2, -0.15) is 15.4 Å². The molecule has 0 fully saturated rings. The maximum atomic E-state index is 5.47. The molecule has 0 saturated heterocycles. The summed E-state index contributed by atoms with van der Waals surface area (Å²) in [5, 5.41) is 14.1. The Balaban J connectivity index is 2.18. The van der Waals surface area contributed by atoms with Crippen LogP contribution in [0.5, 0.6) is 0 Å². The van der Waals surface area contributed by atoms with Crippen LogP contribution in [0.3, 0.4) is 0 Å². The number of nitrogens with two attached hydrogens (primary N) is 1. The van der Waals surface area contributed by atoms with Crippen molar-refractivity contribution in [1.29, 1.82) is 0 Å². The highest BCUT2D eigenvalue weighted by atomic mass is 16.5. The van der Waals surface area contributed by atoms with E-state index in [0.717, 1.165) is 16.6 Å². The summed E-state index contributed by atoms with van der Waals surface area (Å²) in [4.78, 5) is 0. The zero-order chi connectivity index (χ0) is 10.3. The van der Waals surface area contributed by atoms with Crippen molar-refractivity contribution in [1.82, 2.24) is 20.6 Å². The molecule has 0 atom stereocenters. The van der Waals surface area contributed by atoms with Gasteiger partial charge in [-0.15, -0.1) is 0 Å². The number of fused-ring (bicyclic) bond motifs is 1. The summed E-state index contributed by atoms with van der Waals surface area (Å²) in [6.45, 7) is 0. The van der Waals surface area contributed by atoms with Gasteiger partial charge in [0.2, 0.25) is 0 Å². The predicted molar refractivity (Wildman–Crippen MR) is 53.8 cm³/mol. The zero-order valence-electron chi connectivity index (χ0n) is 7.64. The van der Waals surface area contributed by atoms with Crippen LogP contribution >= 0.6 is 0 Å². The Morgan fingerprint density at radius 3 is 2.80 bits per heavy atom. The zero-order valence-corrected chi connectivity index (χ0v) is 7.64. The largest absolute Gasteiger partial charge is 0.381 e. The average molecular weight is 201 g/mol. The molecule has 0 spiro atoms.